The van der Waals surface area contributed by atoms with E-state index >= 15 is 0 Å². The number of nitrogens with one attached hydrogen (secondary N) is 2. The van der Waals surface area contributed by atoms with E-state index in [1.165, 1.54) is 31.3 Å². The average Bonchev–Trinajstić information content (AvgIpc) is 3.12. The number of methoxy groups -OCH3 is 1. The van der Waals surface area contributed by atoms with Gasteiger partial charge < -0.3 is 15.4 Å². The number of hydrogen-bond donors (Lipinski definition) is 2. The standard InChI is InChI=1S/C16H23N3O3S.ClH/c1-19(12-7-10-3-4-11(8-12)17-10)9-14(20)18-13-5-6-23-15(13)16(21)22-2;/h5-6,10-12,17H,3-4,7-9H2,1-2H3,(H,18,20);1H. The average molecular weight is 374 g/mol. The molecule has 6 nitrogen and oxygen atoms in total. The lowest BCUT2D eigenvalue weighted by molar-refractivity contribution is -0.117. The van der Waals surface area contributed by atoms with Gasteiger partial charge >= 0.3 is 5.97 Å². The highest BCUT2D eigenvalue weighted by molar-refractivity contribution is 7.12. The lowest BCUT2D eigenvalue weighted by Gasteiger charge is -2.35. The number of carbonyl (C=O) groups is 2. The van der Waals surface area contributed by atoms with Crippen LogP contribution in [0.5, 0.6) is 0 Å². The molecule has 1 aromatic heterocycles. The number of esters is 1. The number of fused-ring (bicyclic) bond motifs is 2. The summed E-state index contributed by atoms with van der Waals surface area (Å²) in [6, 6.07) is 3.39. The molecule has 2 unspecified atom stereocenters. The Labute approximate surface area is 152 Å². The quantitative estimate of drug-likeness (QED) is 0.773. The van der Waals surface area contributed by atoms with Crippen molar-refractivity contribution in [2.45, 2.75) is 43.8 Å². The molecule has 1 amide bonds. The van der Waals surface area contributed by atoms with E-state index < -0.39 is 5.97 Å². The third-order valence-corrected chi connectivity index (χ3v) is 5.67. The minimum Gasteiger partial charge on any atom is -0.465 e. The first-order chi connectivity index (χ1) is 11.1. The van der Waals surface area contributed by atoms with Crippen LogP contribution in [0.3, 0.4) is 0 Å². The first kappa shape index (κ1) is 19.2. The number of thiophene rings is 1. The molecule has 3 heterocycles. The normalized spacial score (nSPS) is 25.2. The van der Waals surface area contributed by atoms with Crippen molar-refractivity contribution >= 4 is 41.3 Å². The summed E-state index contributed by atoms with van der Waals surface area (Å²) in [6.45, 7) is 0.334. The number of likely N-dealkylation sites (N-methyl/N-ethyl adjacent to an activating group) is 1. The van der Waals surface area contributed by atoms with Gasteiger partial charge in [-0.3, -0.25) is 9.69 Å². The summed E-state index contributed by atoms with van der Waals surface area (Å²) < 4.78 is 4.73. The molecular formula is C16H24ClN3O3S. The van der Waals surface area contributed by atoms with Gasteiger partial charge in [-0.15, -0.1) is 23.7 Å². The van der Waals surface area contributed by atoms with Crippen LogP contribution in [0.25, 0.3) is 0 Å². The second kappa shape index (κ2) is 8.29. The van der Waals surface area contributed by atoms with Crippen LogP contribution in [0.4, 0.5) is 5.69 Å². The molecule has 24 heavy (non-hydrogen) atoms. The molecule has 0 spiro atoms. The van der Waals surface area contributed by atoms with Gasteiger partial charge in [0.25, 0.3) is 0 Å². The number of piperidine rings is 1. The van der Waals surface area contributed by atoms with E-state index in [0.717, 1.165) is 12.8 Å². The third kappa shape index (κ3) is 4.27. The number of amides is 1. The number of hydrogen-bond acceptors (Lipinski definition) is 6. The summed E-state index contributed by atoms with van der Waals surface area (Å²) in [5.41, 5.74) is 0.533. The third-order valence-electron chi connectivity index (χ3n) is 4.77. The van der Waals surface area contributed by atoms with Crippen molar-refractivity contribution in [1.29, 1.82) is 0 Å². The molecule has 2 atom stereocenters. The number of rotatable bonds is 5. The number of carbonyl (C=O) groups excluding carboxylic acids is 2. The molecule has 3 rings (SSSR count). The molecule has 0 radical (unpaired) electrons. The van der Waals surface area contributed by atoms with E-state index in [1.54, 1.807) is 11.4 Å². The molecule has 1 aromatic rings. The van der Waals surface area contributed by atoms with E-state index in [-0.39, 0.29) is 18.3 Å². The predicted molar refractivity (Wildman–Crippen MR) is 97.1 cm³/mol. The second-order valence-corrected chi connectivity index (χ2v) is 7.30. The van der Waals surface area contributed by atoms with Gasteiger partial charge in [0.15, 0.2) is 0 Å². The monoisotopic (exact) mass is 373 g/mol. The van der Waals surface area contributed by atoms with Crippen molar-refractivity contribution < 1.29 is 14.3 Å². The molecule has 2 fully saturated rings. The van der Waals surface area contributed by atoms with E-state index in [4.69, 9.17) is 4.74 Å². The number of halogens is 1. The summed E-state index contributed by atoms with van der Waals surface area (Å²) in [5.74, 6) is -0.513. The van der Waals surface area contributed by atoms with Crippen molar-refractivity contribution in [3.63, 3.8) is 0 Å². The molecule has 2 N–H and O–H groups in total. The molecule has 0 aromatic carbocycles. The van der Waals surface area contributed by atoms with Crippen LogP contribution >= 0.6 is 23.7 Å². The maximum atomic E-state index is 12.3. The Balaban J connectivity index is 0.00000208. The van der Waals surface area contributed by atoms with Crippen LogP contribution < -0.4 is 10.6 Å². The summed E-state index contributed by atoms with van der Waals surface area (Å²) in [5, 5.41) is 8.22. The highest BCUT2D eigenvalue weighted by atomic mass is 35.5. The molecule has 0 aliphatic carbocycles. The molecule has 2 bridgehead atoms. The first-order valence-corrected chi connectivity index (χ1v) is 8.86. The summed E-state index contributed by atoms with van der Waals surface area (Å²) in [6.07, 6.45) is 4.70. The number of ether oxygens (including phenoxy) is 1. The lowest BCUT2D eigenvalue weighted by Crippen LogP contribution is -2.48. The Kier molecular flexibility index (Phi) is 6.62. The Morgan fingerprint density at radius 1 is 1.38 bits per heavy atom. The minimum atomic E-state index is -0.418. The minimum absolute atomic E-state index is 0. The van der Waals surface area contributed by atoms with Gasteiger partial charge in [0.05, 0.1) is 19.3 Å². The highest BCUT2D eigenvalue weighted by Crippen LogP contribution is 2.29. The van der Waals surface area contributed by atoms with Gasteiger partial charge in [-0.1, -0.05) is 0 Å². The van der Waals surface area contributed by atoms with Gasteiger partial charge in [-0.25, -0.2) is 4.79 Å². The van der Waals surface area contributed by atoms with E-state index in [0.29, 0.717) is 35.2 Å². The second-order valence-electron chi connectivity index (χ2n) is 6.38. The lowest BCUT2D eigenvalue weighted by atomic mass is 9.98. The van der Waals surface area contributed by atoms with Crippen molar-refractivity contribution in [1.82, 2.24) is 10.2 Å². The molecule has 2 aliphatic rings. The van der Waals surface area contributed by atoms with Gasteiger partial charge in [-0.2, -0.15) is 0 Å². The summed E-state index contributed by atoms with van der Waals surface area (Å²) in [4.78, 5) is 26.5. The van der Waals surface area contributed by atoms with Crippen LogP contribution in [-0.2, 0) is 9.53 Å². The number of anilines is 1. The zero-order chi connectivity index (χ0) is 16.4. The summed E-state index contributed by atoms with van der Waals surface area (Å²) >= 11 is 1.27. The van der Waals surface area contributed by atoms with Crippen LogP contribution in [0.15, 0.2) is 11.4 Å². The van der Waals surface area contributed by atoms with Crippen LogP contribution in [0.1, 0.15) is 35.4 Å². The zero-order valence-corrected chi connectivity index (χ0v) is 15.5. The van der Waals surface area contributed by atoms with Gasteiger partial charge in [0, 0.05) is 18.1 Å². The van der Waals surface area contributed by atoms with Crippen molar-refractivity contribution in [3.8, 4) is 0 Å². The first-order valence-electron chi connectivity index (χ1n) is 7.98. The highest BCUT2D eigenvalue weighted by Gasteiger charge is 2.35. The van der Waals surface area contributed by atoms with Gasteiger partial charge in [0.2, 0.25) is 5.91 Å². The summed E-state index contributed by atoms with van der Waals surface area (Å²) in [7, 11) is 3.34. The fourth-order valence-corrected chi connectivity index (χ4v) is 4.36. The van der Waals surface area contributed by atoms with Gasteiger partial charge in [-0.05, 0) is 44.2 Å². The zero-order valence-electron chi connectivity index (χ0n) is 13.9. The Hall–Kier alpha value is -1.15. The smallest absolute Gasteiger partial charge is 0.350 e. The van der Waals surface area contributed by atoms with Crippen molar-refractivity contribution in [2.75, 3.05) is 26.0 Å². The Morgan fingerprint density at radius 2 is 2.04 bits per heavy atom. The maximum Gasteiger partial charge on any atom is 0.350 e. The molecule has 134 valence electrons. The Morgan fingerprint density at radius 3 is 2.67 bits per heavy atom. The predicted octanol–water partition coefficient (Wildman–Crippen LogP) is 2.11. The van der Waals surface area contributed by atoms with Crippen molar-refractivity contribution in [2.24, 2.45) is 0 Å². The van der Waals surface area contributed by atoms with E-state index in [9.17, 15) is 9.59 Å². The number of nitrogens with zero attached hydrogens (tertiary/aromatic N) is 1. The molecule has 2 aliphatic heterocycles. The molecule has 0 saturated carbocycles. The molecular weight excluding hydrogens is 350 g/mol. The maximum absolute atomic E-state index is 12.3. The topological polar surface area (TPSA) is 70.7 Å². The Bertz CT molecular complexity index is 583. The van der Waals surface area contributed by atoms with E-state index in [2.05, 4.69) is 15.5 Å². The SMILES string of the molecule is COC(=O)c1sccc1NC(=O)CN(C)C1CC2CCC(C1)N2.Cl. The van der Waals surface area contributed by atoms with Gasteiger partial charge in [0.1, 0.15) is 4.88 Å². The molecule has 8 heteroatoms. The van der Waals surface area contributed by atoms with E-state index in [1.807, 2.05) is 7.05 Å². The van der Waals surface area contributed by atoms with Crippen LogP contribution in [0.2, 0.25) is 0 Å². The van der Waals surface area contributed by atoms with Crippen molar-refractivity contribution in [3.05, 3.63) is 16.3 Å². The fraction of sp³-hybridized carbons (Fsp3) is 0.625. The van der Waals surface area contributed by atoms with Crippen LogP contribution in [-0.4, -0.2) is 55.6 Å². The fourth-order valence-electron chi connectivity index (χ4n) is 3.59. The van der Waals surface area contributed by atoms with Crippen LogP contribution in [0, 0.1) is 0 Å². The largest absolute Gasteiger partial charge is 0.465 e. The molecule has 2 saturated heterocycles.